The molecule has 4 rings (SSSR count). The summed E-state index contributed by atoms with van der Waals surface area (Å²) in [6, 6.07) is 12.4. The quantitative estimate of drug-likeness (QED) is 0.601. The zero-order valence-corrected chi connectivity index (χ0v) is 16.8. The summed E-state index contributed by atoms with van der Waals surface area (Å²) in [7, 11) is 0. The Morgan fingerprint density at radius 1 is 1.23 bits per heavy atom. The fraction of sp³-hybridized carbons (Fsp3) is 0.318. The molecule has 2 aromatic carbocycles. The molecule has 1 unspecified atom stereocenters. The van der Waals surface area contributed by atoms with E-state index in [1.165, 1.54) is 12.4 Å². The van der Waals surface area contributed by atoms with Gasteiger partial charge in [-0.2, -0.15) is 13.9 Å². The third-order valence-electron chi connectivity index (χ3n) is 5.21. The highest BCUT2D eigenvalue weighted by Crippen LogP contribution is 2.32. The Morgan fingerprint density at radius 2 is 2.10 bits per heavy atom. The van der Waals surface area contributed by atoms with Crippen molar-refractivity contribution in [3.05, 3.63) is 77.4 Å². The van der Waals surface area contributed by atoms with Gasteiger partial charge in [0.2, 0.25) is 0 Å². The molecule has 0 fully saturated rings. The standard InChI is InChI=1S/C22H23F2N5O2/c23-21(24)31-18-7-8-19-17(10-18)5-2-6-20(19)28-22(30)26-11-15-3-1-4-16(9-15)12-29-14-25-13-27-29/h1,3-4,7-10,13-14,20-21H,2,5-6,11-12H2,(H2,26,28,30). The van der Waals surface area contributed by atoms with Crippen molar-refractivity contribution in [1.29, 1.82) is 0 Å². The van der Waals surface area contributed by atoms with Gasteiger partial charge in [-0.05, 0) is 53.6 Å². The number of halogens is 2. The minimum absolute atomic E-state index is 0.143. The van der Waals surface area contributed by atoms with Crippen molar-refractivity contribution in [3.63, 3.8) is 0 Å². The van der Waals surface area contributed by atoms with Crippen LogP contribution in [0.25, 0.3) is 0 Å². The van der Waals surface area contributed by atoms with Gasteiger partial charge >= 0.3 is 12.6 Å². The Labute approximate surface area is 178 Å². The lowest BCUT2D eigenvalue weighted by Gasteiger charge is -2.27. The summed E-state index contributed by atoms with van der Waals surface area (Å²) in [6.45, 7) is -1.86. The monoisotopic (exact) mass is 427 g/mol. The van der Waals surface area contributed by atoms with E-state index < -0.39 is 6.61 Å². The molecule has 1 aliphatic carbocycles. The molecular formula is C22H23F2N5O2. The van der Waals surface area contributed by atoms with Gasteiger partial charge < -0.3 is 15.4 Å². The van der Waals surface area contributed by atoms with E-state index in [-0.39, 0.29) is 17.8 Å². The third-order valence-corrected chi connectivity index (χ3v) is 5.21. The predicted molar refractivity (Wildman–Crippen MR) is 110 cm³/mol. The molecule has 2 N–H and O–H groups in total. The minimum Gasteiger partial charge on any atom is -0.435 e. The maximum absolute atomic E-state index is 12.5. The van der Waals surface area contributed by atoms with E-state index in [0.717, 1.165) is 41.5 Å². The number of alkyl halides is 2. The highest BCUT2D eigenvalue weighted by Gasteiger charge is 2.22. The van der Waals surface area contributed by atoms with Crippen molar-refractivity contribution in [3.8, 4) is 5.75 Å². The minimum atomic E-state index is -2.85. The van der Waals surface area contributed by atoms with Gasteiger partial charge in [-0.25, -0.2) is 14.5 Å². The van der Waals surface area contributed by atoms with E-state index in [1.54, 1.807) is 23.1 Å². The molecular weight excluding hydrogens is 404 g/mol. The molecule has 1 aliphatic rings. The Kier molecular flexibility index (Phi) is 6.40. The maximum Gasteiger partial charge on any atom is 0.387 e. The highest BCUT2D eigenvalue weighted by molar-refractivity contribution is 5.74. The van der Waals surface area contributed by atoms with Gasteiger partial charge in [0.05, 0.1) is 12.6 Å². The molecule has 0 saturated carbocycles. The number of amides is 2. The van der Waals surface area contributed by atoms with Crippen molar-refractivity contribution in [2.75, 3.05) is 0 Å². The number of nitrogens with one attached hydrogen (secondary N) is 2. The summed E-state index contributed by atoms with van der Waals surface area (Å²) in [4.78, 5) is 16.4. The number of ether oxygens (including phenoxy) is 1. The van der Waals surface area contributed by atoms with Gasteiger partial charge in [-0.15, -0.1) is 0 Å². The smallest absolute Gasteiger partial charge is 0.387 e. The molecule has 7 nitrogen and oxygen atoms in total. The molecule has 0 saturated heterocycles. The van der Waals surface area contributed by atoms with Crippen LogP contribution in [0.3, 0.4) is 0 Å². The molecule has 0 aliphatic heterocycles. The van der Waals surface area contributed by atoms with Crippen LogP contribution in [0.2, 0.25) is 0 Å². The molecule has 0 bridgehead atoms. The number of nitrogens with zero attached hydrogens (tertiary/aromatic N) is 3. The second-order valence-corrected chi connectivity index (χ2v) is 7.42. The lowest BCUT2D eigenvalue weighted by atomic mass is 9.87. The number of benzene rings is 2. The Balaban J connectivity index is 1.34. The molecule has 9 heteroatoms. The Bertz CT molecular complexity index is 1030. The summed E-state index contributed by atoms with van der Waals surface area (Å²) in [5, 5.41) is 9.99. The normalized spacial score (nSPS) is 15.4. The summed E-state index contributed by atoms with van der Waals surface area (Å²) in [6.07, 6.45) is 5.58. The summed E-state index contributed by atoms with van der Waals surface area (Å²) in [5.41, 5.74) is 3.91. The highest BCUT2D eigenvalue weighted by atomic mass is 19.3. The fourth-order valence-electron chi connectivity index (χ4n) is 3.85. The first-order valence-corrected chi connectivity index (χ1v) is 10.1. The van der Waals surface area contributed by atoms with Crippen LogP contribution in [0, 0.1) is 0 Å². The summed E-state index contributed by atoms with van der Waals surface area (Å²) in [5.74, 6) is 0.143. The topological polar surface area (TPSA) is 81.1 Å². The number of urea groups is 1. The third kappa shape index (κ3) is 5.56. The molecule has 3 aromatic rings. The molecule has 2 amide bonds. The van der Waals surface area contributed by atoms with Gasteiger partial charge in [0.25, 0.3) is 0 Å². The Hall–Kier alpha value is -3.49. The summed E-state index contributed by atoms with van der Waals surface area (Å²) >= 11 is 0. The number of carbonyl (C=O) groups excluding carboxylic acids is 1. The number of rotatable bonds is 7. The zero-order valence-electron chi connectivity index (χ0n) is 16.8. The lowest BCUT2D eigenvalue weighted by Crippen LogP contribution is -2.38. The molecule has 0 radical (unpaired) electrons. The van der Waals surface area contributed by atoms with Crippen LogP contribution >= 0.6 is 0 Å². The molecule has 162 valence electrons. The van der Waals surface area contributed by atoms with Crippen molar-refractivity contribution in [2.24, 2.45) is 0 Å². The van der Waals surface area contributed by atoms with Gasteiger partial charge in [0.15, 0.2) is 0 Å². The van der Waals surface area contributed by atoms with Crippen LogP contribution in [-0.4, -0.2) is 27.4 Å². The SMILES string of the molecule is O=C(NCc1cccc(Cn2cncn2)c1)NC1CCCc2cc(OC(F)F)ccc21. The fourth-order valence-corrected chi connectivity index (χ4v) is 3.85. The number of aromatic nitrogens is 3. The number of hydrogen-bond donors (Lipinski definition) is 2. The lowest BCUT2D eigenvalue weighted by molar-refractivity contribution is -0.0499. The van der Waals surface area contributed by atoms with E-state index in [4.69, 9.17) is 0 Å². The van der Waals surface area contributed by atoms with Crippen LogP contribution in [-0.2, 0) is 19.5 Å². The predicted octanol–water partition coefficient (Wildman–Crippen LogP) is 3.80. The molecule has 1 aromatic heterocycles. The van der Waals surface area contributed by atoms with Crippen LogP contribution < -0.4 is 15.4 Å². The van der Waals surface area contributed by atoms with E-state index in [2.05, 4.69) is 25.5 Å². The van der Waals surface area contributed by atoms with Gasteiger partial charge in [0.1, 0.15) is 18.4 Å². The number of fused-ring (bicyclic) bond motifs is 1. The van der Waals surface area contributed by atoms with E-state index in [0.29, 0.717) is 13.1 Å². The average molecular weight is 427 g/mol. The maximum atomic E-state index is 12.5. The van der Waals surface area contributed by atoms with Crippen LogP contribution in [0.15, 0.2) is 55.1 Å². The molecule has 1 heterocycles. The molecule has 0 spiro atoms. The van der Waals surface area contributed by atoms with Crippen molar-refractivity contribution in [2.45, 2.75) is 45.0 Å². The first-order valence-electron chi connectivity index (χ1n) is 10.1. The Morgan fingerprint density at radius 3 is 2.90 bits per heavy atom. The van der Waals surface area contributed by atoms with E-state index in [9.17, 15) is 13.6 Å². The number of hydrogen-bond acceptors (Lipinski definition) is 4. The molecule has 1 atom stereocenters. The van der Waals surface area contributed by atoms with Crippen molar-refractivity contribution >= 4 is 6.03 Å². The van der Waals surface area contributed by atoms with Gasteiger partial charge in [-0.3, -0.25) is 0 Å². The first kappa shape index (κ1) is 20.8. The average Bonchev–Trinajstić information content (AvgIpc) is 3.25. The zero-order chi connectivity index (χ0) is 21.6. The van der Waals surface area contributed by atoms with Crippen LogP contribution in [0.1, 0.15) is 41.1 Å². The van der Waals surface area contributed by atoms with Gasteiger partial charge in [0, 0.05) is 6.54 Å². The van der Waals surface area contributed by atoms with Crippen molar-refractivity contribution in [1.82, 2.24) is 25.4 Å². The first-order chi connectivity index (χ1) is 15.1. The largest absolute Gasteiger partial charge is 0.435 e. The van der Waals surface area contributed by atoms with E-state index >= 15 is 0 Å². The van der Waals surface area contributed by atoms with Crippen LogP contribution in [0.5, 0.6) is 5.75 Å². The number of aryl methyl sites for hydroxylation is 1. The second-order valence-electron chi connectivity index (χ2n) is 7.42. The summed E-state index contributed by atoms with van der Waals surface area (Å²) < 4.78 is 31.1. The number of carbonyl (C=O) groups is 1. The van der Waals surface area contributed by atoms with E-state index in [1.807, 2.05) is 24.3 Å². The van der Waals surface area contributed by atoms with Gasteiger partial charge in [-0.1, -0.05) is 30.3 Å². The second kappa shape index (κ2) is 9.55. The van der Waals surface area contributed by atoms with Crippen LogP contribution in [0.4, 0.5) is 13.6 Å². The molecule has 31 heavy (non-hydrogen) atoms. The van der Waals surface area contributed by atoms with Crippen molar-refractivity contribution < 1.29 is 18.3 Å².